The number of urea groups is 1. The van der Waals surface area contributed by atoms with Crippen LogP contribution in [0, 0.1) is 0 Å². The van der Waals surface area contributed by atoms with Gasteiger partial charge in [-0.1, -0.05) is 29.8 Å². The number of phenols is 1. The summed E-state index contributed by atoms with van der Waals surface area (Å²) >= 11 is 6.07. The van der Waals surface area contributed by atoms with Gasteiger partial charge in [0.05, 0.1) is 23.7 Å². The van der Waals surface area contributed by atoms with Crippen LogP contribution in [-0.2, 0) is 4.79 Å². The molecule has 3 amide bonds. The minimum absolute atomic E-state index is 0.0533. The van der Waals surface area contributed by atoms with Gasteiger partial charge in [0.2, 0.25) is 0 Å². The first kappa shape index (κ1) is 18.6. The molecule has 0 aliphatic carbocycles. The Hall–Kier alpha value is -3.19. The zero-order valence-corrected chi connectivity index (χ0v) is 15.4. The predicted octanol–water partition coefficient (Wildman–Crippen LogP) is 3.32. The fraction of sp³-hybridized carbons (Fsp3) is 0.158. The van der Waals surface area contributed by atoms with E-state index < -0.39 is 12.1 Å². The van der Waals surface area contributed by atoms with Crippen molar-refractivity contribution >= 4 is 29.2 Å². The van der Waals surface area contributed by atoms with Crippen molar-refractivity contribution in [2.75, 3.05) is 12.4 Å². The van der Waals surface area contributed by atoms with Crippen LogP contribution in [0.5, 0.6) is 11.5 Å². The number of hydrogen-bond acceptors (Lipinski definition) is 4. The van der Waals surface area contributed by atoms with Gasteiger partial charge >= 0.3 is 6.03 Å². The van der Waals surface area contributed by atoms with E-state index in [1.807, 2.05) is 6.07 Å². The predicted molar refractivity (Wildman–Crippen MR) is 102 cm³/mol. The number of methoxy groups -OCH3 is 1. The lowest BCUT2D eigenvalue weighted by atomic mass is 9.94. The summed E-state index contributed by atoms with van der Waals surface area (Å²) in [6, 6.07) is 10.8. The zero-order chi connectivity index (χ0) is 19.6. The van der Waals surface area contributed by atoms with Gasteiger partial charge in [0.1, 0.15) is 0 Å². The van der Waals surface area contributed by atoms with Gasteiger partial charge in [0.15, 0.2) is 11.5 Å². The standard InChI is InChI=1S/C19H18ClN3O4/c1-10-15(18(25)22-12-6-4-3-5-7-12)16(23-19(26)21-10)11-8-13(20)17(24)14(9-11)27-2/h3-9,16,24H,1-2H3,(H,22,25)(H2,21,23,26)/t16-/m0/s1. The molecule has 3 rings (SSSR count). The topological polar surface area (TPSA) is 99.7 Å². The largest absolute Gasteiger partial charge is 0.503 e. The molecule has 27 heavy (non-hydrogen) atoms. The maximum atomic E-state index is 12.9. The molecule has 0 spiro atoms. The Morgan fingerprint density at radius 3 is 2.63 bits per heavy atom. The fourth-order valence-corrected chi connectivity index (χ4v) is 3.10. The van der Waals surface area contributed by atoms with E-state index in [2.05, 4.69) is 16.0 Å². The van der Waals surface area contributed by atoms with Gasteiger partial charge in [-0.15, -0.1) is 0 Å². The summed E-state index contributed by atoms with van der Waals surface area (Å²) in [5, 5.41) is 18.1. The van der Waals surface area contributed by atoms with E-state index in [-0.39, 0.29) is 22.4 Å². The molecule has 4 N–H and O–H groups in total. The second-order valence-corrected chi connectivity index (χ2v) is 6.35. The van der Waals surface area contributed by atoms with E-state index in [0.29, 0.717) is 22.5 Å². The lowest BCUT2D eigenvalue weighted by molar-refractivity contribution is -0.113. The van der Waals surface area contributed by atoms with E-state index in [9.17, 15) is 14.7 Å². The Bertz CT molecular complexity index is 928. The first-order valence-electron chi connectivity index (χ1n) is 8.11. The Morgan fingerprint density at radius 2 is 1.96 bits per heavy atom. The highest BCUT2D eigenvalue weighted by Crippen LogP contribution is 2.39. The number of amides is 3. The molecule has 8 heteroatoms. The zero-order valence-electron chi connectivity index (χ0n) is 14.7. The summed E-state index contributed by atoms with van der Waals surface area (Å²) in [6.45, 7) is 1.64. The molecule has 0 saturated heterocycles. The molecular formula is C19H18ClN3O4. The maximum Gasteiger partial charge on any atom is 0.319 e. The van der Waals surface area contributed by atoms with Crippen LogP contribution >= 0.6 is 11.6 Å². The molecule has 1 aliphatic heterocycles. The smallest absolute Gasteiger partial charge is 0.319 e. The van der Waals surface area contributed by atoms with Crippen LogP contribution in [0.2, 0.25) is 5.02 Å². The summed E-state index contributed by atoms with van der Waals surface area (Å²) in [4.78, 5) is 24.9. The van der Waals surface area contributed by atoms with Gasteiger partial charge in [0.25, 0.3) is 5.91 Å². The number of carbonyl (C=O) groups is 2. The summed E-state index contributed by atoms with van der Waals surface area (Å²) in [6.07, 6.45) is 0. The quantitative estimate of drug-likeness (QED) is 0.646. The number of benzene rings is 2. The van der Waals surface area contributed by atoms with Crippen molar-refractivity contribution in [3.05, 3.63) is 64.3 Å². The minimum Gasteiger partial charge on any atom is -0.503 e. The monoisotopic (exact) mass is 387 g/mol. The molecule has 2 aromatic carbocycles. The van der Waals surface area contributed by atoms with Crippen molar-refractivity contribution in [3.8, 4) is 11.5 Å². The van der Waals surface area contributed by atoms with Gasteiger partial charge in [-0.05, 0) is 36.8 Å². The molecule has 0 bridgehead atoms. The highest BCUT2D eigenvalue weighted by atomic mass is 35.5. The van der Waals surface area contributed by atoms with Gasteiger partial charge in [-0.25, -0.2) is 4.79 Å². The van der Waals surface area contributed by atoms with E-state index in [4.69, 9.17) is 16.3 Å². The SMILES string of the molecule is COc1cc([C@@H]2NC(=O)NC(C)=C2C(=O)Nc2ccccc2)cc(Cl)c1O. The second kappa shape index (κ2) is 7.59. The number of hydrogen-bond donors (Lipinski definition) is 4. The number of para-hydroxylation sites is 1. The summed E-state index contributed by atoms with van der Waals surface area (Å²) in [7, 11) is 1.39. The molecule has 1 heterocycles. The Balaban J connectivity index is 2.02. The molecule has 0 saturated carbocycles. The number of allylic oxidation sites excluding steroid dienone is 1. The molecule has 0 aromatic heterocycles. The molecule has 7 nitrogen and oxygen atoms in total. The van der Waals surface area contributed by atoms with Crippen LogP contribution in [0.15, 0.2) is 53.7 Å². The van der Waals surface area contributed by atoms with Crippen LogP contribution in [-0.4, -0.2) is 24.2 Å². The molecule has 0 radical (unpaired) electrons. The number of phenolic OH excluding ortho intramolecular Hbond substituents is 1. The van der Waals surface area contributed by atoms with Gasteiger partial charge in [-0.2, -0.15) is 0 Å². The lowest BCUT2D eigenvalue weighted by Gasteiger charge is -2.29. The molecule has 1 atom stereocenters. The number of carbonyl (C=O) groups excluding carboxylic acids is 2. The third-order valence-electron chi connectivity index (χ3n) is 4.15. The maximum absolute atomic E-state index is 12.9. The molecule has 0 fully saturated rings. The van der Waals surface area contributed by atoms with Crippen molar-refractivity contribution in [3.63, 3.8) is 0 Å². The van der Waals surface area contributed by atoms with Crippen molar-refractivity contribution in [2.45, 2.75) is 13.0 Å². The fourth-order valence-electron chi connectivity index (χ4n) is 2.88. The number of halogens is 1. The Kier molecular flexibility index (Phi) is 5.23. The normalized spacial score (nSPS) is 16.4. The van der Waals surface area contributed by atoms with E-state index in [1.165, 1.54) is 19.2 Å². The van der Waals surface area contributed by atoms with Gasteiger partial charge < -0.3 is 25.8 Å². The average Bonchev–Trinajstić information content (AvgIpc) is 2.63. The molecule has 2 aromatic rings. The highest BCUT2D eigenvalue weighted by molar-refractivity contribution is 6.32. The molecule has 140 valence electrons. The van der Waals surface area contributed by atoms with Gasteiger partial charge in [0, 0.05) is 11.4 Å². The van der Waals surface area contributed by atoms with E-state index in [0.717, 1.165) is 0 Å². The average molecular weight is 388 g/mol. The number of aromatic hydroxyl groups is 1. The van der Waals surface area contributed by atoms with Crippen molar-refractivity contribution in [1.82, 2.24) is 10.6 Å². The minimum atomic E-state index is -0.769. The van der Waals surface area contributed by atoms with Crippen LogP contribution in [0.1, 0.15) is 18.5 Å². The first-order chi connectivity index (χ1) is 12.9. The number of nitrogens with one attached hydrogen (secondary N) is 3. The third kappa shape index (κ3) is 3.83. The Morgan fingerprint density at radius 1 is 1.26 bits per heavy atom. The summed E-state index contributed by atoms with van der Waals surface area (Å²) in [5.41, 5.74) is 1.87. The molecule has 1 aliphatic rings. The van der Waals surface area contributed by atoms with E-state index in [1.54, 1.807) is 31.2 Å². The van der Waals surface area contributed by atoms with Crippen molar-refractivity contribution in [2.24, 2.45) is 0 Å². The van der Waals surface area contributed by atoms with Crippen molar-refractivity contribution < 1.29 is 19.4 Å². The van der Waals surface area contributed by atoms with Crippen molar-refractivity contribution in [1.29, 1.82) is 0 Å². The number of ether oxygens (including phenoxy) is 1. The number of anilines is 1. The molecular weight excluding hydrogens is 370 g/mol. The molecule has 0 unspecified atom stereocenters. The third-order valence-corrected chi connectivity index (χ3v) is 4.44. The van der Waals surface area contributed by atoms with Crippen LogP contribution in [0.3, 0.4) is 0 Å². The summed E-state index contributed by atoms with van der Waals surface area (Å²) < 4.78 is 5.12. The first-order valence-corrected chi connectivity index (χ1v) is 8.49. The van der Waals surface area contributed by atoms with Crippen LogP contribution in [0.4, 0.5) is 10.5 Å². The van der Waals surface area contributed by atoms with Gasteiger partial charge in [-0.3, -0.25) is 4.79 Å². The lowest BCUT2D eigenvalue weighted by Crippen LogP contribution is -2.46. The summed E-state index contributed by atoms with van der Waals surface area (Å²) in [5.74, 6) is -0.440. The van der Waals surface area contributed by atoms with E-state index >= 15 is 0 Å². The second-order valence-electron chi connectivity index (χ2n) is 5.94. The Labute approximate surface area is 161 Å². The highest BCUT2D eigenvalue weighted by Gasteiger charge is 2.32. The van der Waals surface area contributed by atoms with Crippen LogP contribution < -0.4 is 20.7 Å². The van der Waals surface area contributed by atoms with Crippen LogP contribution in [0.25, 0.3) is 0 Å². The number of rotatable bonds is 4.